The van der Waals surface area contributed by atoms with E-state index in [2.05, 4.69) is 34.1 Å². The highest BCUT2D eigenvalue weighted by molar-refractivity contribution is 7.07. The summed E-state index contributed by atoms with van der Waals surface area (Å²) in [6, 6.07) is 8.55. The number of ether oxygens (including phenoxy) is 1. The van der Waals surface area contributed by atoms with Gasteiger partial charge in [-0.1, -0.05) is 24.3 Å². The van der Waals surface area contributed by atoms with E-state index in [1.54, 1.807) is 37.1 Å². The van der Waals surface area contributed by atoms with Gasteiger partial charge in [0, 0.05) is 45.0 Å². The first-order chi connectivity index (χ1) is 14.8. The molecule has 1 aromatic carbocycles. The molecule has 1 fully saturated rings. The zero-order chi connectivity index (χ0) is 22.1. The Kier molecular flexibility index (Phi) is 6.49. The van der Waals surface area contributed by atoms with Crippen molar-refractivity contribution in [3.05, 3.63) is 52.0 Å². The molecule has 4 rings (SSSR count). The van der Waals surface area contributed by atoms with Crippen LogP contribution in [0.2, 0.25) is 0 Å². The van der Waals surface area contributed by atoms with E-state index in [4.69, 9.17) is 4.74 Å². The molecule has 2 aliphatic rings. The van der Waals surface area contributed by atoms with Crippen molar-refractivity contribution in [2.45, 2.75) is 50.9 Å². The number of piperidine rings is 1. The van der Waals surface area contributed by atoms with Crippen molar-refractivity contribution in [1.82, 2.24) is 14.8 Å². The second kappa shape index (κ2) is 8.98. The maximum atomic E-state index is 13.3. The highest BCUT2D eigenvalue weighted by Gasteiger charge is 2.43. The minimum atomic E-state index is -0.916. The first-order valence-electron chi connectivity index (χ1n) is 11.0. The highest BCUT2D eigenvalue weighted by atomic mass is 32.1. The van der Waals surface area contributed by atoms with Crippen LogP contribution in [0.4, 0.5) is 0 Å². The Balaban J connectivity index is 1.42. The number of hydrogen-bond donors (Lipinski definition) is 1. The molecule has 1 saturated heterocycles. The quantitative estimate of drug-likeness (QED) is 0.713. The number of fused-ring (bicyclic) bond motifs is 2. The molecule has 31 heavy (non-hydrogen) atoms. The second-order valence-electron chi connectivity index (χ2n) is 9.63. The molecule has 1 spiro atoms. The number of amides is 1. The number of aliphatic hydroxyl groups is 1. The van der Waals surface area contributed by atoms with E-state index in [0.29, 0.717) is 26.1 Å². The Bertz CT molecular complexity index is 886. The standard InChI is InChI=1S/C24H33N3O3S/c1-23(2,29)16-26(3)22(28)19(12-20-15-31-17-25-20)13-27-10-8-24(9-11-27)21-7-5-4-6-18(21)14-30-24/h4-7,15,17,19,29H,8-14,16H2,1-3H3. The molecule has 168 valence electrons. The molecule has 0 saturated carbocycles. The van der Waals surface area contributed by atoms with Crippen molar-refractivity contribution in [1.29, 1.82) is 0 Å². The molecule has 1 unspecified atom stereocenters. The topological polar surface area (TPSA) is 65.9 Å². The summed E-state index contributed by atoms with van der Waals surface area (Å²) in [5, 5.41) is 12.2. The number of nitrogens with zero attached hydrogens (tertiary/aromatic N) is 3. The van der Waals surface area contributed by atoms with Crippen molar-refractivity contribution in [2.24, 2.45) is 5.92 Å². The van der Waals surface area contributed by atoms with Crippen LogP contribution < -0.4 is 0 Å². The molecule has 6 nitrogen and oxygen atoms in total. The zero-order valence-corrected chi connectivity index (χ0v) is 19.5. The maximum Gasteiger partial charge on any atom is 0.227 e. The van der Waals surface area contributed by atoms with Gasteiger partial charge in [-0.2, -0.15) is 0 Å². The third kappa shape index (κ3) is 5.17. The van der Waals surface area contributed by atoms with Gasteiger partial charge in [-0.25, -0.2) is 4.98 Å². The number of likely N-dealkylation sites (N-methyl/N-ethyl adjacent to an activating group) is 1. The lowest BCUT2D eigenvalue weighted by Gasteiger charge is -2.40. The summed E-state index contributed by atoms with van der Waals surface area (Å²) < 4.78 is 6.29. The number of rotatable bonds is 7. The lowest BCUT2D eigenvalue weighted by atomic mass is 9.83. The summed E-state index contributed by atoms with van der Waals surface area (Å²) in [6.45, 7) is 6.99. The third-order valence-electron chi connectivity index (χ3n) is 6.44. The summed E-state index contributed by atoms with van der Waals surface area (Å²) in [5.41, 5.74) is 4.34. The van der Waals surface area contributed by atoms with E-state index < -0.39 is 5.60 Å². The van der Waals surface area contributed by atoms with Crippen LogP contribution in [0.1, 0.15) is 43.5 Å². The van der Waals surface area contributed by atoms with Crippen LogP contribution in [-0.4, -0.2) is 64.6 Å². The molecule has 1 N–H and O–H groups in total. The molecular weight excluding hydrogens is 410 g/mol. The summed E-state index contributed by atoms with van der Waals surface area (Å²) >= 11 is 1.56. The van der Waals surface area contributed by atoms with E-state index in [1.165, 1.54) is 11.1 Å². The van der Waals surface area contributed by atoms with Crippen molar-refractivity contribution in [3.8, 4) is 0 Å². The largest absolute Gasteiger partial charge is 0.389 e. The first kappa shape index (κ1) is 22.4. The summed E-state index contributed by atoms with van der Waals surface area (Å²) in [5.74, 6) is -0.113. The van der Waals surface area contributed by atoms with Crippen molar-refractivity contribution in [2.75, 3.05) is 33.2 Å². The number of carbonyl (C=O) groups excluding carboxylic acids is 1. The minimum Gasteiger partial charge on any atom is -0.389 e. The van der Waals surface area contributed by atoms with Gasteiger partial charge in [0.25, 0.3) is 0 Å². The first-order valence-corrected chi connectivity index (χ1v) is 12.0. The van der Waals surface area contributed by atoms with Gasteiger partial charge in [-0.15, -0.1) is 11.3 Å². The van der Waals surface area contributed by atoms with Crippen LogP contribution in [0.15, 0.2) is 35.2 Å². The van der Waals surface area contributed by atoms with Gasteiger partial charge in [0.05, 0.1) is 34.9 Å². The van der Waals surface area contributed by atoms with Gasteiger partial charge < -0.3 is 19.6 Å². The third-order valence-corrected chi connectivity index (χ3v) is 7.08. The average molecular weight is 444 g/mol. The molecule has 0 bridgehead atoms. The van der Waals surface area contributed by atoms with E-state index in [-0.39, 0.29) is 17.4 Å². The van der Waals surface area contributed by atoms with Crippen LogP contribution in [0.3, 0.4) is 0 Å². The number of thiazole rings is 1. The number of aromatic nitrogens is 1. The molecule has 1 aromatic heterocycles. The van der Waals surface area contributed by atoms with Gasteiger partial charge in [0.1, 0.15) is 0 Å². The maximum absolute atomic E-state index is 13.3. The SMILES string of the molecule is CN(CC(C)(C)O)C(=O)C(Cc1cscn1)CN1CCC2(CC1)OCc1ccccc12. The second-order valence-corrected chi connectivity index (χ2v) is 10.3. The normalized spacial score (nSPS) is 19.4. The van der Waals surface area contributed by atoms with Crippen molar-refractivity contribution in [3.63, 3.8) is 0 Å². The van der Waals surface area contributed by atoms with Crippen LogP contribution in [-0.2, 0) is 28.2 Å². The fraction of sp³-hybridized carbons (Fsp3) is 0.583. The Hall–Kier alpha value is -1.80. The Morgan fingerprint density at radius 3 is 2.77 bits per heavy atom. The van der Waals surface area contributed by atoms with Crippen LogP contribution in [0, 0.1) is 5.92 Å². The van der Waals surface area contributed by atoms with E-state index in [9.17, 15) is 9.90 Å². The van der Waals surface area contributed by atoms with Gasteiger partial charge >= 0.3 is 0 Å². The number of benzene rings is 1. The number of hydrogen-bond acceptors (Lipinski definition) is 6. The lowest BCUT2D eigenvalue weighted by molar-refractivity contribution is -0.138. The molecular formula is C24H33N3O3S. The van der Waals surface area contributed by atoms with Gasteiger partial charge in [-0.05, 0) is 37.8 Å². The van der Waals surface area contributed by atoms with Gasteiger partial charge in [0.2, 0.25) is 5.91 Å². The average Bonchev–Trinajstić information content (AvgIpc) is 3.36. The van der Waals surface area contributed by atoms with Crippen LogP contribution in [0.25, 0.3) is 0 Å². The molecule has 0 radical (unpaired) electrons. The minimum absolute atomic E-state index is 0.0675. The molecule has 1 amide bonds. The van der Waals surface area contributed by atoms with Crippen LogP contribution >= 0.6 is 11.3 Å². The molecule has 3 heterocycles. The van der Waals surface area contributed by atoms with E-state index in [0.717, 1.165) is 31.6 Å². The summed E-state index contributed by atoms with van der Waals surface area (Å²) in [7, 11) is 1.78. The Morgan fingerprint density at radius 1 is 1.35 bits per heavy atom. The van der Waals surface area contributed by atoms with Crippen LogP contribution in [0.5, 0.6) is 0 Å². The smallest absolute Gasteiger partial charge is 0.227 e. The molecule has 2 aliphatic heterocycles. The molecule has 1 atom stereocenters. The number of likely N-dealkylation sites (tertiary alicyclic amines) is 1. The monoisotopic (exact) mass is 443 g/mol. The van der Waals surface area contributed by atoms with E-state index >= 15 is 0 Å². The Labute approximate surface area is 188 Å². The predicted molar refractivity (Wildman–Crippen MR) is 122 cm³/mol. The summed E-state index contributed by atoms with van der Waals surface area (Å²) in [4.78, 5) is 21.7. The van der Waals surface area contributed by atoms with E-state index in [1.807, 2.05) is 10.9 Å². The molecule has 2 aromatic rings. The fourth-order valence-corrected chi connectivity index (χ4v) is 5.57. The fourth-order valence-electron chi connectivity index (χ4n) is 5.00. The predicted octanol–water partition coefficient (Wildman–Crippen LogP) is 3.05. The van der Waals surface area contributed by atoms with Gasteiger partial charge in [-0.3, -0.25) is 4.79 Å². The molecule has 0 aliphatic carbocycles. The van der Waals surface area contributed by atoms with Crippen molar-refractivity contribution >= 4 is 17.2 Å². The van der Waals surface area contributed by atoms with Gasteiger partial charge in [0.15, 0.2) is 0 Å². The number of carbonyl (C=O) groups is 1. The van der Waals surface area contributed by atoms with Crippen molar-refractivity contribution < 1.29 is 14.6 Å². The molecule has 7 heteroatoms. The highest BCUT2D eigenvalue weighted by Crippen LogP contribution is 2.44. The zero-order valence-electron chi connectivity index (χ0n) is 18.7. The summed E-state index contributed by atoms with van der Waals surface area (Å²) in [6.07, 6.45) is 2.52. The lowest BCUT2D eigenvalue weighted by Crippen LogP contribution is -2.48. The Morgan fingerprint density at radius 2 is 2.10 bits per heavy atom.